The summed E-state index contributed by atoms with van der Waals surface area (Å²) in [5.74, 6) is 1.10. The number of imidazole rings is 1. The van der Waals surface area contributed by atoms with Crippen molar-refractivity contribution in [2.45, 2.75) is 56.4 Å². The summed E-state index contributed by atoms with van der Waals surface area (Å²) in [7, 11) is -1.27. The topological polar surface area (TPSA) is 67.9 Å². The summed E-state index contributed by atoms with van der Waals surface area (Å²) in [4.78, 5) is 11.9. The number of H-pyrrole nitrogens is 1. The Morgan fingerprint density at radius 1 is 1.07 bits per heavy atom. The van der Waals surface area contributed by atoms with E-state index in [0.29, 0.717) is 17.5 Å². The second-order valence-corrected chi connectivity index (χ2v) is 8.01. The highest BCUT2D eigenvalue weighted by Crippen LogP contribution is 2.17. The van der Waals surface area contributed by atoms with E-state index >= 15 is 0 Å². The molecular weight excluding hydrogens is 358 g/mol. The number of benzene rings is 1. The highest BCUT2D eigenvalue weighted by molar-refractivity contribution is 7.84. The molecule has 3 rings (SSSR count). The summed E-state index contributed by atoms with van der Waals surface area (Å²) < 4.78 is 18.4. The molecule has 2 heterocycles. The zero-order valence-electron chi connectivity index (χ0n) is 15.8. The Bertz CT molecular complexity index is 845. The van der Waals surface area contributed by atoms with Gasteiger partial charge in [0.1, 0.15) is 5.75 Å². The van der Waals surface area contributed by atoms with E-state index < -0.39 is 10.8 Å². The number of pyridine rings is 1. The summed E-state index contributed by atoms with van der Waals surface area (Å²) in [6, 6.07) is 11.4. The Labute approximate surface area is 163 Å². The third-order valence-electron chi connectivity index (χ3n) is 4.42. The van der Waals surface area contributed by atoms with Crippen LogP contribution in [0.4, 0.5) is 0 Å². The van der Waals surface area contributed by atoms with Gasteiger partial charge in [-0.3, -0.25) is 9.19 Å². The molecule has 0 aliphatic rings. The first kappa shape index (κ1) is 19.5. The fraction of sp³-hybridized carbons (Fsp3) is 0.429. The molecule has 27 heavy (non-hydrogen) atoms. The van der Waals surface area contributed by atoms with E-state index in [2.05, 4.69) is 21.9 Å². The van der Waals surface area contributed by atoms with Crippen molar-refractivity contribution in [2.24, 2.45) is 0 Å². The summed E-state index contributed by atoms with van der Waals surface area (Å²) >= 11 is 0. The maximum Gasteiger partial charge on any atom is 0.197 e. The molecule has 1 atom stereocenters. The fourth-order valence-electron chi connectivity index (χ4n) is 2.94. The van der Waals surface area contributed by atoms with E-state index in [1.807, 2.05) is 36.4 Å². The number of aromatic nitrogens is 3. The van der Waals surface area contributed by atoms with Gasteiger partial charge in [0.15, 0.2) is 5.16 Å². The van der Waals surface area contributed by atoms with Crippen LogP contribution in [0.1, 0.15) is 51.1 Å². The lowest BCUT2D eigenvalue weighted by Crippen LogP contribution is -2.02. The van der Waals surface area contributed by atoms with Crippen molar-refractivity contribution in [2.75, 3.05) is 6.61 Å². The summed E-state index contributed by atoms with van der Waals surface area (Å²) in [6.07, 6.45) is 9.14. The van der Waals surface area contributed by atoms with Gasteiger partial charge >= 0.3 is 0 Å². The molecule has 1 aromatic carbocycles. The van der Waals surface area contributed by atoms with Crippen LogP contribution in [0.25, 0.3) is 11.0 Å². The van der Waals surface area contributed by atoms with Gasteiger partial charge in [0.25, 0.3) is 0 Å². The Balaban J connectivity index is 1.50. The molecule has 0 fully saturated rings. The lowest BCUT2D eigenvalue weighted by molar-refractivity contribution is 0.304. The minimum Gasteiger partial charge on any atom is -0.493 e. The van der Waals surface area contributed by atoms with Gasteiger partial charge in [-0.1, -0.05) is 51.2 Å². The predicted octanol–water partition coefficient (Wildman–Crippen LogP) is 5.01. The average Bonchev–Trinajstić information content (AvgIpc) is 3.12. The number of hydrogen-bond acceptors (Lipinski definition) is 4. The first-order chi connectivity index (χ1) is 13.3. The highest BCUT2D eigenvalue weighted by atomic mass is 32.2. The molecule has 0 aliphatic heterocycles. The minimum absolute atomic E-state index is 0.314. The largest absolute Gasteiger partial charge is 0.493 e. The molecule has 0 saturated heterocycles. The average molecular weight is 386 g/mol. The molecule has 1 unspecified atom stereocenters. The van der Waals surface area contributed by atoms with Crippen LogP contribution in [0.3, 0.4) is 0 Å². The highest BCUT2D eigenvalue weighted by Gasteiger charge is 2.12. The molecule has 0 amide bonds. The van der Waals surface area contributed by atoms with Gasteiger partial charge < -0.3 is 9.72 Å². The fourth-order valence-corrected chi connectivity index (χ4v) is 3.92. The number of ether oxygens (including phenoxy) is 1. The standard InChI is InChI=1S/C21H27N3O2S/c1-2-3-4-5-6-9-14-26-18-12-13-22-17(15-18)16-27(25)21-23-19-10-7-8-11-20(19)24-21/h7-8,10-13,15H,2-6,9,14,16H2,1H3,(H,23,24). The van der Waals surface area contributed by atoms with Crippen molar-refractivity contribution in [3.63, 3.8) is 0 Å². The maximum absolute atomic E-state index is 12.6. The Morgan fingerprint density at radius 3 is 2.74 bits per heavy atom. The summed E-state index contributed by atoms with van der Waals surface area (Å²) in [5, 5.41) is 0.483. The number of hydrogen-bond donors (Lipinski definition) is 1. The normalized spacial score (nSPS) is 12.3. The molecule has 0 spiro atoms. The number of aromatic amines is 1. The van der Waals surface area contributed by atoms with Crippen LogP contribution in [0.15, 0.2) is 47.8 Å². The van der Waals surface area contributed by atoms with Crippen LogP contribution < -0.4 is 4.74 Å². The summed E-state index contributed by atoms with van der Waals surface area (Å²) in [6.45, 7) is 2.94. The van der Waals surface area contributed by atoms with Crippen LogP contribution in [0, 0.1) is 0 Å². The molecule has 0 bridgehead atoms. The van der Waals surface area contributed by atoms with Gasteiger partial charge in [0.2, 0.25) is 0 Å². The van der Waals surface area contributed by atoms with Crippen molar-refractivity contribution in [3.8, 4) is 5.75 Å². The van der Waals surface area contributed by atoms with Gasteiger partial charge in [-0.15, -0.1) is 0 Å². The van der Waals surface area contributed by atoms with E-state index in [-0.39, 0.29) is 0 Å². The molecule has 0 aliphatic carbocycles. The molecule has 1 N–H and O–H groups in total. The lowest BCUT2D eigenvalue weighted by Gasteiger charge is -2.07. The van der Waals surface area contributed by atoms with Crippen molar-refractivity contribution in [1.82, 2.24) is 15.0 Å². The minimum atomic E-state index is -1.27. The number of para-hydroxylation sites is 2. The number of nitrogens with one attached hydrogen (secondary N) is 1. The van der Waals surface area contributed by atoms with Crippen LogP contribution in [-0.2, 0) is 16.6 Å². The quantitative estimate of drug-likeness (QED) is 0.471. The van der Waals surface area contributed by atoms with Crippen molar-refractivity contribution >= 4 is 21.8 Å². The Hall–Kier alpha value is -2.21. The van der Waals surface area contributed by atoms with E-state index in [9.17, 15) is 4.21 Å². The van der Waals surface area contributed by atoms with Crippen molar-refractivity contribution in [3.05, 3.63) is 48.3 Å². The van der Waals surface area contributed by atoms with Crippen molar-refractivity contribution in [1.29, 1.82) is 0 Å². The second-order valence-electron chi connectivity index (χ2n) is 6.65. The molecular formula is C21H27N3O2S. The Morgan fingerprint density at radius 2 is 1.89 bits per heavy atom. The zero-order chi connectivity index (χ0) is 18.9. The maximum atomic E-state index is 12.6. The van der Waals surface area contributed by atoms with Gasteiger partial charge in [-0.25, -0.2) is 4.98 Å². The SMILES string of the molecule is CCCCCCCCOc1ccnc(CS(=O)c2nc3ccccc3[nH]2)c1. The van der Waals surface area contributed by atoms with Crippen LogP contribution in [0.2, 0.25) is 0 Å². The molecule has 0 saturated carbocycles. The molecule has 3 aromatic rings. The third-order valence-corrected chi connectivity index (χ3v) is 5.60. The van der Waals surface area contributed by atoms with Crippen molar-refractivity contribution < 1.29 is 8.95 Å². The summed E-state index contributed by atoms with van der Waals surface area (Å²) in [5.41, 5.74) is 2.46. The third kappa shape index (κ3) is 5.89. The monoisotopic (exact) mass is 385 g/mol. The number of unbranched alkanes of at least 4 members (excludes halogenated alkanes) is 5. The van der Waals surface area contributed by atoms with E-state index in [1.54, 1.807) is 6.20 Å². The van der Waals surface area contributed by atoms with Crippen LogP contribution in [-0.4, -0.2) is 25.8 Å². The smallest absolute Gasteiger partial charge is 0.197 e. The predicted molar refractivity (Wildman–Crippen MR) is 109 cm³/mol. The molecule has 5 nitrogen and oxygen atoms in total. The molecule has 144 valence electrons. The zero-order valence-corrected chi connectivity index (χ0v) is 16.6. The lowest BCUT2D eigenvalue weighted by atomic mass is 10.1. The molecule has 2 aromatic heterocycles. The number of rotatable bonds is 11. The second kappa shape index (κ2) is 10.2. The first-order valence-electron chi connectivity index (χ1n) is 9.67. The van der Waals surface area contributed by atoms with Gasteiger partial charge in [-0.2, -0.15) is 0 Å². The van der Waals surface area contributed by atoms with Crippen LogP contribution in [0.5, 0.6) is 5.75 Å². The molecule has 6 heteroatoms. The van der Waals surface area contributed by atoms with Gasteiger partial charge in [0.05, 0.1) is 39.9 Å². The number of nitrogens with zero attached hydrogens (tertiary/aromatic N) is 2. The number of fused-ring (bicyclic) bond motifs is 1. The van der Waals surface area contributed by atoms with E-state index in [1.165, 1.54) is 32.1 Å². The van der Waals surface area contributed by atoms with E-state index in [0.717, 1.165) is 28.9 Å². The molecule has 0 radical (unpaired) electrons. The van der Waals surface area contributed by atoms with E-state index in [4.69, 9.17) is 4.74 Å². The first-order valence-corrected chi connectivity index (χ1v) is 11.0. The Kier molecular flexibility index (Phi) is 7.39. The van der Waals surface area contributed by atoms with Gasteiger partial charge in [-0.05, 0) is 24.6 Å². The van der Waals surface area contributed by atoms with Crippen LogP contribution >= 0.6 is 0 Å². The van der Waals surface area contributed by atoms with Gasteiger partial charge in [0, 0.05) is 12.3 Å².